The first-order chi connectivity index (χ1) is 7.92. The lowest BCUT2D eigenvalue weighted by Gasteiger charge is -2.37. The van der Waals surface area contributed by atoms with Crippen LogP contribution in [0.5, 0.6) is 0 Å². The maximum absolute atomic E-state index is 10.9. The zero-order chi connectivity index (χ0) is 12.9. The second-order valence-electron chi connectivity index (χ2n) is 4.99. The summed E-state index contributed by atoms with van der Waals surface area (Å²) in [6, 6.07) is 0.570. The van der Waals surface area contributed by atoms with Crippen LogP contribution in [-0.4, -0.2) is 51.3 Å². The van der Waals surface area contributed by atoms with Crippen molar-refractivity contribution in [2.24, 2.45) is 11.1 Å². The molecule has 1 aliphatic heterocycles. The predicted octanol–water partition coefficient (Wildman–Crippen LogP) is -0.0151. The Labute approximate surface area is 105 Å². The molecule has 1 heterocycles. The van der Waals surface area contributed by atoms with Crippen molar-refractivity contribution in [3.05, 3.63) is 0 Å². The zero-order valence-corrected chi connectivity index (χ0v) is 11.7. The van der Waals surface area contributed by atoms with Gasteiger partial charge in [0.1, 0.15) is 0 Å². The lowest BCUT2D eigenvalue weighted by Crippen LogP contribution is -2.49. The van der Waals surface area contributed by atoms with Crippen LogP contribution in [0.2, 0.25) is 0 Å². The lowest BCUT2D eigenvalue weighted by atomic mass is 9.94. The van der Waals surface area contributed by atoms with Gasteiger partial charge in [-0.25, -0.2) is 13.6 Å². The Morgan fingerprint density at radius 3 is 2.71 bits per heavy atom. The number of nitrogens with zero attached hydrogens (tertiary/aromatic N) is 1. The van der Waals surface area contributed by atoms with E-state index in [0.29, 0.717) is 18.5 Å². The molecule has 0 bridgehead atoms. The minimum Gasteiger partial charge on any atom is -0.314 e. The molecule has 0 aromatic heterocycles. The quantitative estimate of drug-likeness (QED) is 0.706. The number of likely N-dealkylation sites (tertiary alicyclic amines) is 1. The summed E-state index contributed by atoms with van der Waals surface area (Å²) >= 11 is 0. The van der Waals surface area contributed by atoms with E-state index < -0.39 is 10.0 Å². The maximum Gasteiger partial charge on any atom is 0.210 e. The van der Waals surface area contributed by atoms with Gasteiger partial charge in [-0.15, -0.1) is 0 Å². The number of piperidine rings is 1. The Morgan fingerprint density at radius 2 is 2.18 bits per heavy atom. The molecule has 102 valence electrons. The molecule has 0 aromatic rings. The fraction of sp³-hybridized carbons (Fsp3) is 1.00. The largest absolute Gasteiger partial charge is 0.314 e. The Bertz CT molecular complexity index is 319. The first-order valence-electron chi connectivity index (χ1n) is 6.38. The van der Waals surface area contributed by atoms with E-state index >= 15 is 0 Å². The summed E-state index contributed by atoms with van der Waals surface area (Å²) in [5.74, 6) is 0.628. The van der Waals surface area contributed by atoms with E-state index in [1.165, 1.54) is 0 Å². The fourth-order valence-corrected chi connectivity index (χ4v) is 2.84. The smallest absolute Gasteiger partial charge is 0.210 e. The van der Waals surface area contributed by atoms with Crippen molar-refractivity contribution < 1.29 is 8.42 Å². The summed E-state index contributed by atoms with van der Waals surface area (Å²) in [7, 11) is -3.33. The van der Waals surface area contributed by atoms with Gasteiger partial charge in [0, 0.05) is 19.1 Å². The van der Waals surface area contributed by atoms with E-state index in [-0.39, 0.29) is 5.75 Å². The Morgan fingerprint density at radius 1 is 1.47 bits per heavy atom. The van der Waals surface area contributed by atoms with Crippen LogP contribution < -0.4 is 10.5 Å². The van der Waals surface area contributed by atoms with Gasteiger partial charge in [0.15, 0.2) is 0 Å². The average Bonchev–Trinajstić information content (AvgIpc) is 2.24. The van der Waals surface area contributed by atoms with Crippen molar-refractivity contribution >= 4 is 10.0 Å². The van der Waals surface area contributed by atoms with Gasteiger partial charge in [0.05, 0.1) is 5.75 Å². The SMILES string of the molecule is CCCNC1CCN(CCS(N)(=O)=O)CC1C. The predicted molar refractivity (Wildman–Crippen MR) is 70.3 cm³/mol. The molecule has 1 fully saturated rings. The number of hydrogen-bond acceptors (Lipinski definition) is 4. The molecule has 0 aromatic carbocycles. The highest BCUT2D eigenvalue weighted by Gasteiger charge is 2.25. The van der Waals surface area contributed by atoms with Crippen LogP contribution in [0.25, 0.3) is 0 Å². The van der Waals surface area contributed by atoms with Crippen molar-refractivity contribution in [3.63, 3.8) is 0 Å². The fourth-order valence-electron chi connectivity index (χ4n) is 2.32. The zero-order valence-electron chi connectivity index (χ0n) is 10.9. The molecular weight excluding hydrogens is 238 g/mol. The number of primary sulfonamides is 1. The summed E-state index contributed by atoms with van der Waals surface area (Å²) < 4.78 is 21.8. The molecule has 2 atom stereocenters. The average molecular weight is 263 g/mol. The molecule has 0 amide bonds. The van der Waals surface area contributed by atoms with Gasteiger partial charge in [-0.3, -0.25) is 0 Å². The highest BCUT2D eigenvalue weighted by molar-refractivity contribution is 7.89. The van der Waals surface area contributed by atoms with Crippen molar-refractivity contribution in [3.8, 4) is 0 Å². The van der Waals surface area contributed by atoms with Gasteiger partial charge in [-0.05, 0) is 31.8 Å². The molecule has 0 radical (unpaired) electrons. The Kier molecular flexibility index (Phi) is 5.85. The highest BCUT2D eigenvalue weighted by Crippen LogP contribution is 2.16. The van der Waals surface area contributed by atoms with Crippen LogP contribution in [0.1, 0.15) is 26.7 Å². The van der Waals surface area contributed by atoms with Gasteiger partial charge in [0.2, 0.25) is 10.0 Å². The van der Waals surface area contributed by atoms with Gasteiger partial charge < -0.3 is 10.2 Å². The molecule has 0 saturated carbocycles. The number of hydrogen-bond donors (Lipinski definition) is 2. The van der Waals surface area contributed by atoms with Crippen LogP contribution in [0.15, 0.2) is 0 Å². The molecule has 1 saturated heterocycles. The molecule has 1 aliphatic rings. The highest BCUT2D eigenvalue weighted by atomic mass is 32.2. The Balaban J connectivity index is 2.31. The third-order valence-electron chi connectivity index (χ3n) is 3.34. The van der Waals surface area contributed by atoms with E-state index in [1.807, 2.05) is 0 Å². The first kappa shape index (κ1) is 14.9. The molecule has 1 rings (SSSR count). The molecule has 5 nitrogen and oxygen atoms in total. The summed E-state index contributed by atoms with van der Waals surface area (Å²) in [5, 5.41) is 8.56. The summed E-state index contributed by atoms with van der Waals surface area (Å²) in [4.78, 5) is 2.19. The van der Waals surface area contributed by atoms with Crippen LogP contribution in [0.3, 0.4) is 0 Å². The maximum atomic E-state index is 10.9. The summed E-state index contributed by atoms with van der Waals surface area (Å²) in [6.07, 6.45) is 2.24. The normalized spacial score (nSPS) is 27.2. The number of nitrogens with one attached hydrogen (secondary N) is 1. The summed E-state index contributed by atoms with van der Waals surface area (Å²) in [5.41, 5.74) is 0. The van der Waals surface area contributed by atoms with E-state index in [4.69, 9.17) is 5.14 Å². The van der Waals surface area contributed by atoms with E-state index in [9.17, 15) is 8.42 Å². The topological polar surface area (TPSA) is 75.4 Å². The van der Waals surface area contributed by atoms with Crippen LogP contribution >= 0.6 is 0 Å². The molecular formula is C11H25N3O2S. The Hall–Kier alpha value is -0.170. The van der Waals surface area contributed by atoms with Crippen molar-refractivity contribution in [2.45, 2.75) is 32.7 Å². The standard InChI is InChI=1S/C11H25N3O2S/c1-3-5-13-11-4-6-14(9-10(11)2)7-8-17(12,15)16/h10-11,13H,3-9H2,1-2H3,(H2,12,15,16). The van der Waals surface area contributed by atoms with Crippen molar-refractivity contribution in [1.29, 1.82) is 0 Å². The van der Waals surface area contributed by atoms with Crippen LogP contribution in [0.4, 0.5) is 0 Å². The van der Waals surface area contributed by atoms with Gasteiger partial charge in [0.25, 0.3) is 0 Å². The minimum atomic E-state index is -3.33. The van der Waals surface area contributed by atoms with Gasteiger partial charge in [-0.1, -0.05) is 13.8 Å². The first-order valence-corrected chi connectivity index (χ1v) is 8.10. The summed E-state index contributed by atoms with van der Waals surface area (Å²) in [6.45, 7) is 7.92. The molecule has 3 N–H and O–H groups in total. The minimum absolute atomic E-state index is 0.0623. The molecule has 0 spiro atoms. The van der Waals surface area contributed by atoms with E-state index in [0.717, 1.165) is 32.5 Å². The lowest BCUT2D eigenvalue weighted by molar-refractivity contribution is 0.154. The second-order valence-corrected chi connectivity index (χ2v) is 6.73. The van der Waals surface area contributed by atoms with E-state index in [2.05, 4.69) is 24.1 Å². The number of nitrogens with two attached hydrogens (primary N) is 1. The van der Waals surface area contributed by atoms with Crippen LogP contribution in [-0.2, 0) is 10.0 Å². The van der Waals surface area contributed by atoms with Crippen molar-refractivity contribution in [2.75, 3.05) is 31.9 Å². The van der Waals surface area contributed by atoms with E-state index in [1.54, 1.807) is 0 Å². The third kappa shape index (κ3) is 5.81. The van der Waals surface area contributed by atoms with Gasteiger partial charge >= 0.3 is 0 Å². The van der Waals surface area contributed by atoms with Crippen molar-refractivity contribution in [1.82, 2.24) is 10.2 Å². The van der Waals surface area contributed by atoms with Gasteiger partial charge in [-0.2, -0.15) is 0 Å². The monoisotopic (exact) mass is 263 g/mol. The molecule has 2 unspecified atom stereocenters. The molecule has 0 aliphatic carbocycles. The third-order valence-corrected chi connectivity index (χ3v) is 4.09. The van der Waals surface area contributed by atoms with Crippen LogP contribution in [0, 0.1) is 5.92 Å². The number of rotatable bonds is 6. The molecule has 17 heavy (non-hydrogen) atoms. The second kappa shape index (κ2) is 6.68. The number of sulfonamides is 1. The molecule has 6 heteroatoms.